The topological polar surface area (TPSA) is 103 Å². The molecule has 1 aliphatic rings. The summed E-state index contributed by atoms with van der Waals surface area (Å²) in [5.41, 5.74) is 0.823. The summed E-state index contributed by atoms with van der Waals surface area (Å²) in [5, 5.41) is 5.02. The number of anilines is 1. The number of nitrogens with one attached hydrogen (secondary N) is 2. The Hall–Kier alpha value is -3.03. The summed E-state index contributed by atoms with van der Waals surface area (Å²) >= 11 is 0. The van der Waals surface area contributed by atoms with Crippen molar-refractivity contribution in [2.75, 3.05) is 32.2 Å². The average Bonchev–Trinajstić information content (AvgIpc) is 2.60. The summed E-state index contributed by atoms with van der Waals surface area (Å²) in [7, 11) is 1.51. The number of amides is 2. The molecule has 2 amide bonds. The second-order valence-electron chi connectivity index (χ2n) is 4.49. The van der Waals surface area contributed by atoms with Crippen molar-refractivity contribution in [3.63, 3.8) is 0 Å². The molecular formula is C15H16N2O6. The molecule has 0 bridgehead atoms. The molecule has 8 heteroatoms. The largest absolute Gasteiger partial charge is 0.493 e. The molecule has 23 heavy (non-hydrogen) atoms. The van der Waals surface area contributed by atoms with E-state index in [1.54, 1.807) is 18.2 Å². The smallest absolute Gasteiger partial charge is 0.377 e. The molecule has 0 atom stereocenters. The van der Waals surface area contributed by atoms with Crippen LogP contribution in [0.2, 0.25) is 0 Å². The van der Waals surface area contributed by atoms with Crippen molar-refractivity contribution in [2.45, 2.75) is 0 Å². The molecule has 1 aromatic rings. The van der Waals surface area contributed by atoms with Gasteiger partial charge in [0.2, 0.25) is 5.76 Å². The van der Waals surface area contributed by atoms with E-state index < -0.39 is 18.5 Å². The van der Waals surface area contributed by atoms with Gasteiger partial charge in [0, 0.05) is 18.3 Å². The lowest BCUT2D eigenvalue weighted by Gasteiger charge is -2.14. The van der Waals surface area contributed by atoms with E-state index in [4.69, 9.17) is 14.2 Å². The first-order chi connectivity index (χ1) is 11.1. The molecule has 2 rings (SSSR count). The highest BCUT2D eigenvalue weighted by molar-refractivity contribution is 5.98. The molecule has 0 spiro atoms. The molecule has 2 N–H and O–H groups in total. The molecule has 1 aromatic carbocycles. The fourth-order valence-electron chi connectivity index (χ4n) is 1.76. The van der Waals surface area contributed by atoms with Crippen LogP contribution in [0.5, 0.6) is 0 Å². The molecule has 0 radical (unpaired) electrons. The fourth-order valence-corrected chi connectivity index (χ4v) is 1.76. The van der Waals surface area contributed by atoms with E-state index in [0.717, 1.165) is 6.26 Å². The number of carbonyl (C=O) groups is 3. The molecule has 122 valence electrons. The van der Waals surface area contributed by atoms with Gasteiger partial charge in [0.15, 0.2) is 6.61 Å². The van der Waals surface area contributed by atoms with Crippen LogP contribution in [0.3, 0.4) is 0 Å². The third-order valence-corrected chi connectivity index (χ3v) is 2.82. The van der Waals surface area contributed by atoms with Crippen molar-refractivity contribution in [2.24, 2.45) is 0 Å². The summed E-state index contributed by atoms with van der Waals surface area (Å²) in [6.45, 7) is 0.127. The Labute approximate surface area is 132 Å². The van der Waals surface area contributed by atoms with Gasteiger partial charge in [-0.25, -0.2) is 4.79 Å². The van der Waals surface area contributed by atoms with E-state index in [1.165, 1.54) is 13.1 Å². The van der Waals surface area contributed by atoms with Crippen LogP contribution in [0.15, 0.2) is 36.3 Å². The van der Waals surface area contributed by atoms with Gasteiger partial charge in [0.25, 0.3) is 11.8 Å². The first kappa shape index (κ1) is 16.3. The van der Waals surface area contributed by atoms with E-state index in [1.807, 2.05) is 0 Å². The number of rotatable bonds is 5. The minimum atomic E-state index is -0.779. The van der Waals surface area contributed by atoms with Crippen molar-refractivity contribution >= 4 is 23.5 Å². The molecule has 1 aliphatic heterocycles. The van der Waals surface area contributed by atoms with Gasteiger partial charge in [0.1, 0.15) is 19.5 Å². The Balaban J connectivity index is 1.86. The summed E-state index contributed by atoms with van der Waals surface area (Å²) in [5.74, 6) is -1.66. The maximum atomic E-state index is 11.8. The van der Waals surface area contributed by atoms with Crippen molar-refractivity contribution in [3.8, 4) is 0 Å². The first-order valence-corrected chi connectivity index (χ1v) is 6.84. The van der Waals surface area contributed by atoms with E-state index in [9.17, 15) is 14.4 Å². The highest BCUT2D eigenvalue weighted by atomic mass is 16.6. The highest BCUT2D eigenvalue weighted by Gasteiger charge is 2.18. The number of ether oxygens (including phenoxy) is 3. The molecule has 8 nitrogen and oxygen atoms in total. The second-order valence-corrected chi connectivity index (χ2v) is 4.49. The van der Waals surface area contributed by atoms with Gasteiger partial charge in [-0.05, 0) is 18.2 Å². The Kier molecular flexibility index (Phi) is 5.56. The minimum Gasteiger partial charge on any atom is -0.493 e. The van der Waals surface area contributed by atoms with Crippen LogP contribution in [0, 0.1) is 0 Å². The Morgan fingerprint density at radius 3 is 2.78 bits per heavy atom. The summed E-state index contributed by atoms with van der Waals surface area (Å²) < 4.78 is 14.8. The molecule has 0 aliphatic carbocycles. The molecule has 0 aromatic heterocycles. The van der Waals surface area contributed by atoms with Crippen LogP contribution < -0.4 is 10.6 Å². The van der Waals surface area contributed by atoms with Gasteiger partial charge in [-0.3, -0.25) is 9.59 Å². The van der Waals surface area contributed by atoms with Crippen molar-refractivity contribution in [3.05, 3.63) is 41.9 Å². The van der Waals surface area contributed by atoms with Gasteiger partial charge in [-0.1, -0.05) is 6.07 Å². The van der Waals surface area contributed by atoms with Crippen LogP contribution in [-0.2, 0) is 23.8 Å². The molecular weight excluding hydrogens is 304 g/mol. The third-order valence-electron chi connectivity index (χ3n) is 2.82. The maximum absolute atomic E-state index is 11.8. The van der Waals surface area contributed by atoms with Gasteiger partial charge < -0.3 is 24.8 Å². The van der Waals surface area contributed by atoms with E-state index in [0.29, 0.717) is 17.9 Å². The molecule has 0 fully saturated rings. The zero-order chi connectivity index (χ0) is 16.7. The minimum absolute atomic E-state index is 0.0781. The molecule has 0 saturated heterocycles. The summed E-state index contributed by atoms with van der Waals surface area (Å²) in [4.78, 5) is 34.9. The normalized spacial score (nSPS) is 13.0. The Morgan fingerprint density at radius 2 is 2.09 bits per heavy atom. The monoisotopic (exact) mass is 320 g/mol. The lowest BCUT2D eigenvalue weighted by Crippen LogP contribution is -2.24. The summed E-state index contributed by atoms with van der Waals surface area (Å²) in [6, 6.07) is 6.37. The van der Waals surface area contributed by atoms with E-state index in [2.05, 4.69) is 10.6 Å². The van der Waals surface area contributed by atoms with Crippen LogP contribution >= 0.6 is 0 Å². The molecule has 0 unspecified atom stereocenters. The first-order valence-electron chi connectivity index (χ1n) is 6.84. The average molecular weight is 320 g/mol. The number of benzene rings is 1. The fraction of sp³-hybridized carbons (Fsp3) is 0.267. The zero-order valence-corrected chi connectivity index (χ0v) is 12.5. The number of hydrogen-bond donors (Lipinski definition) is 2. The predicted octanol–water partition coefficient (Wildman–Crippen LogP) is 0.416. The van der Waals surface area contributed by atoms with Crippen LogP contribution in [0.4, 0.5) is 5.69 Å². The third kappa shape index (κ3) is 4.73. The summed E-state index contributed by atoms with van der Waals surface area (Å²) in [6.07, 6.45) is 1.15. The van der Waals surface area contributed by atoms with Crippen molar-refractivity contribution in [1.82, 2.24) is 5.32 Å². The lowest BCUT2D eigenvalue weighted by molar-refractivity contribution is -0.148. The highest BCUT2D eigenvalue weighted by Crippen LogP contribution is 2.11. The second kappa shape index (κ2) is 7.83. The number of carbonyl (C=O) groups excluding carboxylic acids is 3. The zero-order valence-electron chi connectivity index (χ0n) is 12.5. The number of esters is 1. The van der Waals surface area contributed by atoms with Crippen molar-refractivity contribution in [1.29, 1.82) is 0 Å². The van der Waals surface area contributed by atoms with Gasteiger partial charge in [-0.2, -0.15) is 0 Å². The maximum Gasteiger partial charge on any atom is 0.377 e. The van der Waals surface area contributed by atoms with Crippen LogP contribution in [0.1, 0.15) is 10.4 Å². The van der Waals surface area contributed by atoms with E-state index in [-0.39, 0.29) is 18.3 Å². The Bertz CT molecular complexity index is 641. The predicted molar refractivity (Wildman–Crippen MR) is 79.4 cm³/mol. The van der Waals surface area contributed by atoms with Gasteiger partial charge in [-0.15, -0.1) is 0 Å². The van der Waals surface area contributed by atoms with Crippen LogP contribution in [-0.4, -0.2) is 44.7 Å². The standard InChI is InChI=1S/C15H16N2O6/c1-16-14(19)10-3-2-4-11(7-10)17-13(18)9-23-15(20)12-8-21-5-6-22-12/h2-4,7-8H,5-6,9H2,1H3,(H,16,19)(H,17,18). The van der Waals surface area contributed by atoms with Gasteiger partial charge >= 0.3 is 5.97 Å². The molecule has 1 heterocycles. The van der Waals surface area contributed by atoms with Gasteiger partial charge in [0.05, 0.1) is 0 Å². The SMILES string of the molecule is CNC(=O)c1cccc(NC(=O)COC(=O)C2=COCCO2)c1. The number of hydrogen-bond acceptors (Lipinski definition) is 6. The van der Waals surface area contributed by atoms with Crippen molar-refractivity contribution < 1.29 is 28.6 Å². The van der Waals surface area contributed by atoms with Crippen LogP contribution in [0.25, 0.3) is 0 Å². The Morgan fingerprint density at radius 1 is 1.26 bits per heavy atom. The lowest BCUT2D eigenvalue weighted by atomic mass is 10.2. The molecule has 0 saturated carbocycles. The van der Waals surface area contributed by atoms with E-state index >= 15 is 0 Å². The quantitative estimate of drug-likeness (QED) is 0.762.